The maximum absolute atomic E-state index is 12.7. The number of nitrogens with zero attached hydrogens (tertiary/aromatic N) is 1. The third-order valence-electron chi connectivity index (χ3n) is 5.48. The van der Waals surface area contributed by atoms with Crippen LogP contribution in [0.15, 0.2) is 42.5 Å². The molecule has 1 amide bonds. The molecule has 0 spiro atoms. The Morgan fingerprint density at radius 3 is 2.54 bits per heavy atom. The van der Waals surface area contributed by atoms with E-state index < -0.39 is 11.9 Å². The van der Waals surface area contributed by atoms with E-state index in [4.69, 9.17) is 0 Å². The summed E-state index contributed by atoms with van der Waals surface area (Å²) in [5.41, 5.74) is 1.01. The molecule has 4 rings (SSSR count). The lowest BCUT2D eigenvalue weighted by Gasteiger charge is -2.17. The Morgan fingerprint density at radius 1 is 1.04 bits per heavy atom. The van der Waals surface area contributed by atoms with Gasteiger partial charge < -0.3 is 10.0 Å². The summed E-state index contributed by atoms with van der Waals surface area (Å²) in [4.78, 5) is 26.0. The third kappa shape index (κ3) is 2.77. The molecular formula is C20H21NO3. The van der Waals surface area contributed by atoms with Gasteiger partial charge in [-0.3, -0.25) is 9.59 Å². The number of hydrogen-bond acceptors (Lipinski definition) is 2. The van der Waals surface area contributed by atoms with Gasteiger partial charge in [-0.15, -0.1) is 0 Å². The van der Waals surface area contributed by atoms with Crippen molar-refractivity contribution < 1.29 is 14.7 Å². The van der Waals surface area contributed by atoms with Gasteiger partial charge in [0, 0.05) is 13.1 Å². The number of fused-ring (bicyclic) bond motifs is 1. The second-order valence-corrected chi connectivity index (χ2v) is 7.06. The topological polar surface area (TPSA) is 57.6 Å². The van der Waals surface area contributed by atoms with Crippen LogP contribution in [0.1, 0.15) is 18.4 Å². The van der Waals surface area contributed by atoms with Gasteiger partial charge in [0.25, 0.3) is 0 Å². The zero-order valence-electron chi connectivity index (χ0n) is 13.5. The summed E-state index contributed by atoms with van der Waals surface area (Å²) in [6.45, 7) is 0.964. The van der Waals surface area contributed by atoms with E-state index in [2.05, 4.69) is 0 Å². The van der Waals surface area contributed by atoms with Crippen LogP contribution in [0.2, 0.25) is 0 Å². The molecule has 0 unspecified atom stereocenters. The van der Waals surface area contributed by atoms with Gasteiger partial charge in [-0.05, 0) is 41.0 Å². The number of carbonyl (C=O) groups excluding carboxylic acids is 1. The van der Waals surface area contributed by atoms with Crippen molar-refractivity contribution in [2.24, 2.45) is 17.8 Å². The first-order chi connectivity index (χ1) is 11.6. The summed E-state index contributed by atoms with van der Waals surface area (Å²) in [7, 11) is 0. The van der Waals surface area contributed by atoms with Gasteiger partial charge in [-0.1, -0.05) is 42.5 Å². The highest BCUT2D eigenvalue weighted by Crippen LogP contribution is 2.44. The first-order valence-corrected chi connectivity index (χ1v) is 8.60. The zero-order valence-corrected chi connectivity index (χ0v) is 13.5. The second-order valence-electron chi connectivity index (χ2n) is 7.06. The van der Waals surface area contributed by atoms with Crippen molar-refractivity contribution in [1.82, 2.24) is 4.90 Å². The molecule has 2 aromatic rings. The van der Waals surface area contributed by atoms with Crippen molar-refractivity contribution in [2.75, 3.05) is 13.1 Å². The molecule has 4 nitrogen and oxygen atoms in total. The molecule has 0 bridgehead atoms. The van der Waals surface area contributed by atoms with E-state index in [1.54, 1.807) is 4.90 Å². The molecule has 1 saturated heterocycles. The number of benzene rings is 2. The van der Waals surface area contributed by atoms with E-state index in [0.29, 0.717) is 25.4 Å². The standard InChI is InChI=1S/C20H21NO3/c22-19(10-15-6-3-5-13-4-1-2-7-16(13)15)21-11-17(14-8-9-14)18(12-21)20(23)24/h1-7,14,17-18H,8-12H2,(H,23,24)/t17-,18+/m1/s1. The van der Waals surface area contributed by atoms with E-state index in [1.807, 2.05) is 42.5 Å². The number of amides is 1. The highest BCUT2D eigenvalue weighted by atomic mass is 16.4. The highest BCUT2D eigenvalue weighted by molar-refractivity contribution is 5.90. The van der Waals surface area contributed by atoms with Gasteiger partial charge in [-0.2, -0.15) is 0 Å². The number of carboxylic acids is 1. The van der Waals surface area contributed by atoms with Crippen LogP contribution in [0.3, 0.4) is 0 Å². The SMILES string of the molecule is O=C(O)[C@H]1CN(C(=O)Cc2cccc3ccccc23)C[C@@H]1C1CC1. The monoisotopic (exact) mass is 323 g/mol. The van der Waals surface area contributed by atoms with Crippen molar-refractivity contribution in [3.05, 3.63) is 48.0 Å². The van der Waals surface area contributed by atoms with E-state index in [9.17, 15) is 14.7 Å². The van der Waals surface area contributed by atoms with E-state index in [1.165, 1.54) is 0 Å². The van der Waals surface area contributed by atoms with Crippen molar-refractivity contribution in [3.63, 3.8) is 0 Å². The Kier molecular flexibility index (Phi) is 3.75. The summed E-state index contributed by atoms with van der Waals surface area (Å²) < 4.78 is 0. The molecule has 1 heterocycles. The summed E-state index contributed by atoms with van der Waals surface area (Å²) in [6, 6.07) is 14.1. The van der Waals surface area contributed by atoms with Crippen molar-refractivity contribution >= 4 is 22.6 Å². The summed E-state index contributed by atoms with van der Waals surface area (Å²) >= 11 is 0. The van der Waals surface area contributed by atoms with E-state index in [0.717, 1.165) is 29.2 Å². The Hall–Kier alpha value is -2.36. The van der Waals surface area contributed by atoms with Crippen LogP contribution in [-0.4, -0.2) is 35.0 Å². The van der Waals surface area contributed by atoms with Crippen LogP contribution in [0.4, 0.5) is 0 Å². The third-order valence-corrected chi connectivity index (χ3v) is 5.48. The Morgan fingerprint density at radius 2 is 1.79 bits per heavy atom. The number of aliphatic carboxylic acids is 1. The maximum atomic E-state index is 12.7. The number of rotatable bonds is 4. The molecule has 0 radical (unpaired) electrons. The van der Waals surface area contributed by atoms with Crippen LogP contribution >= 0.6 is 0 Å². The Bertz CT molecular complexity index is 791. The average Bonchev–Trinajstić information content (AvgIpc) is 3.33. The Labute approximate surface area is 141 Å². The fourth-order valence-electron chi connectivity index (χ4n) is 4.02. The highest BCUT2D eigenvalue weighted by Gasteiger charge is 2.46. The molecule has 1 N–H and O–H groups in total. The van der Waals surface area contributed by atoms with Gasteiger partial charge in [0.15, 0.2) is 0 Å². The fraction of sp³-hybridized carbons (Fsp3) is 0.400. The molecular weight excluding hydrogens is 302 g/mol. The average molecular weight is 323 g/mol. The number of carbonyl (C=O) groups is 2. The van der Waals surface area contributed by atoms with Crippen molar-refractivity contribution in [3.8, 4) is 0 Å². The van der Waals surface area contributed by atoms with Crippen LogP contribution in [-0.2, 0) is 16.0 Å². The van der Waals surface area contributed by atoms with Crippen molar-refractivity contribution in [1.29, 1.82) is 0 Å². The largest absolute Gasteiger partial charge is 0.481 e. The van der Waals surface area contributed by atoms with Gasteiger partial charge >= 0.3 is 5.97 Å². The molecule has 2 atom stereocenters. The Balaban J connectivity index is 1.53. The first-order valence-electron chi connectivity index (χ1n) is 8.60. The van der Waals surface area contributed by atoms with Gasteiger partial charge in [0.2, 0.25) is 5.91 Å². The lowest BCUT2D eigenvalue weighted by Crippen LogP contribution is -2.31. The lowest BCUT2D eigenvalue weighted by molar-refractivity contribution is -0.142. The summed E-state index contributed by atoms with van der Waals surface area (Å²) in [6.07, 6.45) is 2.56. The minimum absolute atomic E-state index is 0.0424. The normalized spacial score (nSPS) is 23.6. The van der Waals surface area contributed by atoms with Crippen LogP contribution in [0.5, 0.6) is 0 Å². The maximum Gasteiger partial charge on any atom is 0.308 e. The molecule has 24 heavy (non-hydrogen) atoms. The molecule has 124 valence electrons. The van der Waals surface area contributed by atoms with E-state index in [-0.39, 0.29) is 11.8 Å². The molecule has 0 aromatic heterocycles. The lowest BCUT2D eigenvalue weighted by atomic mass is 9.92. The minimum Gasteiger partial charge on any atom is -0.481 e. The van der Waals surface area contributed by atoms with Crippen molar-refractivity contribution in [2.45, 2.75) is 19.3 Å². The predicted molar refractivity (Wildman–Crippen MR) is 91.6 cm³/mol. The van der Waals surface area contributed by atoms with Crippen LogP contribution < -0.4 is 0 Å². The first kappa shape index (κ1) is 15.2. The fourth-order valence-corrected chi connectivity index (χ4v) is 4.02. The molecule has 1 saturated carbocycles. The minimum atomic E-state index is -0.757. The van der Waals surface area contributed by atoms with Crippen LogP contribution in [0.25, 0.3) is 10.8 Å². The summed E-state index contributed by atoms with van der Waals surface area (Å²) in [5, 5.41) is 11.7. The smallest absolute Gasteiger partial charge is 0.308 e. The van der Waals surface area contributed by atoms with Gasteiger partial charge in [-0.25, -0.2) is 0 Å². The number of likely N-dealkylation sites (tertiary alicyclic amines) is 1. The molecule has 2 fully saturated rings. The quantitative estimate of drug-likeness (QED) is 0.941. The molecule has 1 aliphatic carbocycles. The molecule has 4 heteroatoms. The van der Waals surface area contributed by atoms with Gasteiger partial charge in [0.05, 0.1) is 12.3 Å². The number of hydrogen-bond donors (Lipinski definition) is 1. The molecule has 2 aromatic carbocycles. The number of carboxylic acid groups (broad SMARTS) is 1. The predicted octanol–water partition coefficient (Wildman–Crippen LogP) is 2.95. The van der Waals surface area contributed by atoms with Crippen LogP contribution in [0, 0.1) is 17.8 Å². The van der Waals surface area contributed by atoms with Gasteiger partial charge in [0.1, 0.15) is 0 Å². The summed E-state index contributed by atoms with van der Waals surface area (Å²) in [5.74, 6) is -0.470. The second kappa shape index (κ2) is 5.93. The van der Waals surface area contributed by atoms with E-state index >= 15 is 0 Å². The molecule has 1 aliphatic heterocycles. The molecule has 2 aliphatic rings. The zero-order chi connectivity index (χ0) is 16.7.